The molecular formula is C22H22N6O. The molecule has 3 N–H and O–H groups in total. The number of nitrogens with one attached hydrogen (secondary N) is 3. The van der Waals surface area contributed by atoms with Crippen molar-refractivity contribution < 1.29 is 4.79 Å². The Kier molecular flexibility index (Phi) is 5.11. The highest BCUT2D eigenvalue weighted by Crippen LogP contribution is 2.24. The zero-order valence-electron chi connectivity index (χ0n) is 16.3. The maximum atomic E-state index is 11.3. The summed E-state index contributed by atoms with van der Waals surface area (Å²) in [4.78, 5) is 20.4. The second kappa shape index (κ2) is 8.02. The van der Waals surface area contributed by atoms with E-state index in [-0.39, 0.29) is 5.91 Å². The summed E-state index contributed by atoms with van der Waals surface area (Å²) in [5.41, 5.74) is 4.56. The molecule has 29 heavy (non-hydrogen) atoms. The number of fused-ring (bicyclic) bond motifs is 1. The minimum atomic E-state index is -0.105. The van der Waals surface area contributed by atoms with Crippen LogP contribution in [0.1, 0.15) is 12.5 Å². The van der Waals surface area contributed by atoms with Crippen LogP contribution in [0.25, 0.3) is 11.0 Å². The highest BCUT2D eigenvalue weighted by Gasteiger charge is 2.09. The van der Waals surface area contributed by atoms with Gasteiger partial charge in [0.1, 0.15) is 11.3 Å². The van der Waals surface area contributed by atoms with E-state index in [1.54, 1.807) is 6.20 Å². The average Bonchev–Trinajstić information content (AvgIpc) is 3.02. The monoisotopic (exact) mass is 386 g/mol. The van der Waals surface area contributed by atoms with Gasteiger partial charge in [0.15, 0.2) is 0 Å². The summed E-state index contributed by atoms with van der Waals surface area (Å²) in [6.45, 7) is 2.19. The summed E-state index contributed by atoms with van der Waals surface area (Å²) >= 11 is 0. The van der Waals surface area contributed by atoms with Gasteiger partial charge in [-0.1, -0.05) is 36.4 Å². The van der Waals surface area contributed by atoms with Gasteiger partial charge in [-0.25, -0.2) is 9.97 Å². The summed E-state index contributed by atoms with van der Waals surface area (Å²) in [6.07, 6.45) is 1.75. The Balaban J connectivity index is 1.53. The molecule has 0 aliphatic carbocycles. The molecule has 2 aromatic heterocycles. The number of nitrogens with zero attached hydrogens (tertiary/aromatic N) is 3. The maximum Gasteiger partial charge on any atom is 0.221 e. The van der Waals surface area contributed by atoms with E-state index in [4.69, 9.17) is 0 Å². The van der Waals surface area contributed by atoms with Crippen LogP contribution in [0.5, 0.6) is 0 Å². The first kappa shape index (κ1) is 18.5. The van der Waals surface area contributed by atoms with Crippen molar-refractivity contribution in [2.24, 2.45) is 7.05 Å². The fraction of sp³-hybridized carbons (Fsp3) is 0.136. The second-order valence-electron chi connectivity index (χ2n) is 6.78. The molecule has 1 amide bonds. The summed E-state index contributed by atoms with van der Waals surface area (Å²) in [6, 6.07) is 19.7. The first-order valence-electron chi connectivity index (χ1n) is 9.33. The molecule has 0 saturated heterocycles. The Bertz CT molecular complexity index is 1150. The molecule has 4 aromatic rings. The molecule has 7 heteroatoms. The molecule has 4 rings (SSSR count). The predicted octanol–water partition coefficient (Wildman–Crippen LogP) is 4.28. The fourth-order valence-electron chi connectivity index (χ4n) is 3.12. The van der Waals surface area contributed by atoms with Crippen molar-refractivity contribution in [3.8, 4) is 0 Å². The Morgan fingerprint density at radius 2 is 1.83 bits per heavy atom. The number of benzene rings is 2. The molecule has 2 aromatic carbocycles. The SMILES string of the molecule is CC(=O)Nc1cccc(Nc2cc3c(cn2)nc(NCc2ccccc2)n3C)c1. The minimum absolute atomic E-state index is 0.105. The van der Waals surface area contributed by atoms with Gasteiger partial charge in [-0.2, -0.15) is 0 Å². The lowest BCUT2D eigenvalue weighted by Gasteiger charge is -2.09. The van der Waals surface area contributed by atoms with Crippen LogP contribution in [0, 0.1) is 0 Å². The number of rotatable bonds is 6. The Morgan fingerprint density at radius 3 is 2.62 bits per heavy atom. The highest BCUT2D eigenvalue weighted by molar-refractivity contribution is 5.89. The molecule has 2 heterocycles. The highest BCUT2D eigenvalue weighted by atomic mass is 16.1. The largest absolute Gasteiger partial charge is 0.352 e. The van der Waals surface area contributed by atoms with Gasteiger partial charge in [-0.05, 0) is 23.8 Å². The van der Waals surface area contributed by atoms with Crippen LogP contribution in [0.2, 0.25) is 0 Å². The predicted molar refractivity (Wildman–Crippen MR) is 116 cm³/mol. The van der Waals surface area contributed by atoms with Crippen molar-refractivity contribution in [3.05, 3.63) is 72.4 Å². The van der Waals surface area contributed by atoms with Gasteiger partial charge in [0.05, 0.1) is 11.7 Å². The topological polar surface area (TPSA) is 83.9 Å². The van der Waals surface area contributed by atoms with E-state index in [1.807, 2.05) is 60.1 Å². The minimum Gasteiger partial charge on any atom is -0.352 e. The van der Waals surface area contributed by atoms with Crippen LogP contribution in [-0.4, -0.2) is 20.4 Å². The molecule has 0 fully saturated rings. The van der Waals surface area contributed by atoms with Crippen molar-refractivity contribution in [2.75, 3.05) is 16.0 Å². The Hall–Kier alpha value is -3.87. The summed E-state index contributed by atoms with van der Waals surface area (Å²) < 4.78 is 2.01. The number of carbonyl (C=O) groups is 1. The van der Waals surface area contributed by atoms with Crippen LogP contribution >= 0.6 is 0 Å². The van der Waals surface area contributed by atoms with Crippen LogP contribution in [0.15, 0.2) is 66.9 Å². The number of aryl methyl sites for hydroxylation is 1. The van der Waals surface area contributed by atoms with Crippen LogP contribution in [0.3, 0.4) is 0 Å². The third-order valence-electron chi connectivity index (χ3n) is 4.52. The molecule has 0 aliphatic heterocycles. The fourth-order valence-corrected chi connectivity index (χ4v) is 3.12. The molecule has 0 aliphatic rings. The van der Waals surface area contributed by atoms with E-state index in [2.05, 4.69) is 38.1 Å². The summed E-state index contributed by atoms with van der Waals surface area (Å²) in [5, 5.41) is 9.44. The van der Waals surface area contributed by atoms with Gasteiger partial charge in [-0.15, -0.1) is 0 Å². The van der Waals surface area contributed by atoms with Crippen molar-refractivity contribution >= 4 is 40.1 Å². The number of hydrogen-bond acceptors (Lipinski definition) is 5. The maximum absolute atomic E-state index is 11.3. The van der Waals surface area contributed by atoms with E-state index in [9.17, 15) is 4.79 Å². The standard InChI is InChI=1S/C22H22N6O/c1-15(29)25-17-9-6-10-18(11-17)26-21-12-20-19(14-23-21)27-22(28(20)2)24-13-16-7-4-3-5-8-16/h3-12,14H,13H2,1-2H3,(H,23,26)(H,24,27)(H,25,29). The number of imidazole rings is 1. The van der Waals surface area contributed by atoms with Crippen LogP contribution < -0.4 is 16.0 Å². The lowest BCUT2D eigenvalue weighted by Crippen LogP contribution is -2.05. The molecule has 0 saturated carbocycles. The molecule has 146 valence electrons. The smallest absolute Gasteiger partial charge is 0.221 e. The number of amides is 1. The van der Waals surface area contributed by atoms with Gasteiger partial charge >= 0.3 is 0 Å². The van der Waals surface area contributed by atoms with Crippen molar-refractivity contribution in [1.82, 2.24) is 14.5 Å². The van der Waals surface area contributed by atoms with Gasteiger partial charge in [0.2, 0.25) is 11.9 Å². The first-order valence-corrected chi connectivity index (χ1v) is 9.33. The van der Waals surface area contributed by atoms with Crippen molar-refractivity contribution in [3.63, 3.8) is 0 Å². The van der Waals surface area contributed by atoms with Gasteiger partial charge < -0.3 is 20.5 Å². The van der Waals surface area contributed by atoms with Gasteiger partial charge in [0.25, 0.3) is 0 Å². The Labute approximate surface area is 168 Å². The lowest BCUT2D eigenvalue weighted by molar-refractivity contribution is -0.114. The first-order chi connectivity index (χ1) is 14.1. The normalized spacial score (nSPS) is 10.7. The number of pyridine rings is 1. The van der Waals surface area contributed by atoms with E-state index in [1.165, 1.54) is 12.5 Å². The molecule has 0 radical (unpaired) electrons. The molecule has 0 unspecified atom stereocenters. The third kappa shape index (κ3) is 4.35. The molecule has 0 spiro atoms. The van der Waals surface area contributed by atoms with E-state index in [0.29, 0.717) is 12.4 Å². The summed E-state index contributed by atoms with van der Waals surface area (Å²) in [7, 11) is 1.98. The summed E-state index contributed by atoms with van der Waals surface area (Å²) in [5.74, 6) is 1.39. The van der Waals surface area contributed by atoms with Crippen molar-refractivity contribution in [2.45, 2.75) is 13.5 Å². The number of carbonyl (C=O) groups excluding carboxylic acids is 1. The number of aromatic nitrogens is 3. The van der Waals surface area contributed by atoms with Gasteiger partial charge in [0, 0.05) is 38.0 Å². The molecule has 0 bridgehead atoms. The quantitative estimate of drug-likeness (QED) is 0.461. The van der Waals surface area contributed by atoms with E-state index < -0.39 is 0 Å². The zero-order valence-corrected chi connectivity index (χ0v) is 16.3. The molecule has 7 nitrogen and oxygen atoms in total. The Morgan fingerprint density at radius 1 is 1.03 bits per heavy atom. The second-order valence-corrected chi connectivity index (χ2v) is 6.78. The average molecular weight is 386 g/mol. The van der Waals surface area contributed by atoms with E-state index >= 15 is 0 Å². The van der Waals surface area contributed by atoms with E-state index in [0.717, 1.165) is 28.4 Å². The van der Waals surface area contributed by atoms with Crippen molar-refractivity contribution in [1.29, 1.82) is 0 Å². The van der Waals surface area contributed by atoms with Gasteiger partial charge in [-0.3, -0.25) is 4.79 Å². The number of hydrogen-bond donors (Lipinski definition) is 3. The number of anilines is 4. The van der Waals surface area contributed by atoms with Crippen LogP contribution in [-0.2, 0) is 18.4 Å². The van der Waals surface area contributed by atoms with Crippen LogP contribution in [0.4, 0.5) is 23.1 Å². The third-order valence-corrected chi connectivity index (χ3v) is 4.52. The molecular weight excluding hydrogens is 364 g/mol. The lowest BCUT2D eigenvalue weighted by atomic mass is 10.2. The molecule has 0 atom stereocenters. The zero-order chi connectivity index (χ0) is 20.2.